The first-order chi connectivity index (χ1) is 8.69. The first-order valence-electron chi connectivity index (χ1n) is 5.94. The number of nitrogens with zero attached hydrogens (tertiary/aromatic N) is 3. The molecule has 1 aromatic heterocycles. The number of anilines is 2. The van der Waals surface area contributed by atoms with Gasteiger partial charge in [-0.1, -0.05) is 0 Å². The van der Waals surface area contributed by atoms with Crippen molar-refractivity contribution in [2.75, 3.05) is 30.7 Å². The highest BCUT2D eigenvalue weighted by Gasteiger charge is 2.27. The van der Waals surface area contributed by atoms with Gasteiger partial charge in [0.1, 0.15) is 0 Å². The van der Waals surface area contributed by atoms with Crippen LogP contribution < -0.4 is 11.1 Å². The second kappa shape index (κ2) is 5.52. The molecule has 0 bridgehead atoms. The Balaban J connectivity index is 1.86. The lowest BCUT2D eigenvalue weighted by atomic mass is 10.3. The van der Waals surface area contributed by atoms with Crippen molar-refractivity contribution in [2.45, 2.75) is 19.4 Å². The lowest BCUT2D eigenvalue weighted by Crippen LogP contribution is -2.32. The number of aromatic nitrogens is 2. The van der Waals surface area contributed by atoms with Crippen molar-refractivity contribution in [3.8, 4) is 0 Å². The van der Waals surface area contributed by atoms with E-state index in [1.807, 2.05) is 0 Å². The Morgan fingerprint density at radius 3 is 3.00 bits per heavy atom. The van der Waals surface area contributed by atoms with Crippen LogP contribution in [0.25, 0.3) is 0 Å². The van der Waals surface area contributed by atoms with E-state index in [2.05, 4.69) is 15.3 Å². The predicted octanol–water partition coefficient (Wildman–Crippen LogP) is 0.701. The van der Waals surface area contributed by atoms with E-state index >= 15 is 0 Å². The number of carbonyl (C=O) groups is 1. The van der Waals surface area contributed by atoms with Gasteiger partial charge < -0.3 is 20.7 Å². The van der Waals surface area contributed by atoms with Crippen molar-refractivity contribution in [3.05, 3.63) is 12.4 Å². The summed E-state index contributed by atoms with van der Waals surface area (Å²) in [6.45, 7) is 3.48. The monoisotopic (exact) mass is 251 g/mol. The molecule has 1 fully saturated rings. The van der Waals surface area contributed by atoms with Crippen LogP contribution in [-0.2, 0) is 4.74 Å². The van der Waals surface area contributed by atoms with Crippen molar-refractivity contribution < 1.29 is 9.53 Å². The van der Waals surface area contributed by atoms with Gasteiger partial charge in [-0.05, 0) is 13.3 Å². The highest BCUT2D eigenvalue weighted by molar-refractivity contribution is 5.68. The first kappa shape index (κ1) is 12.4. The largest absolute Gasteiger partial charge is 0.450 e. The summed E-state index contributed by atoms with van der Waals surface area (Å²) in [5, 5.41) is 3.17. The van der Waals surface area contributed by atoms with Gasteiger partial charge in [0, 0.05) is 19.1 Å². The number of amides is 1. The van der Waals surface area contributed by atoms with E-state index in [1.165, 1.54) is 0 Å². The zero-order chi connectivity index (χ0) is 13.0. The van der Waals surface area contributed by atoms with E-state index < -0.39 is 0 Å². The minimum absolute atomic E-state index is 0.151. The Bertz CT molecular complexity index is 408. The molecule has 0 saturated carbocycles. The minimum atomic E-state index is -0.264. The van der Waals surface area contributed by atoms with Crippen LogP contribution in [0.5, 0.6) is 0 Å². The molecule has 7 nitrogen and oxygen atoms in total. The summed E-state index contributed by atoms with van der Waals surface area (Å²) in [5.74, 6) is 0.528. The fourth-order valence-corrected chi connectivity index (χ4v) is 1.85. The standard InChI is InChI=1S/C11H17N5O2/c1-2-18-11(17)16-4-3-9(7-16)15-10-13-5-8(12)6-14-10/h5-6,9H,2-4,7,12H2,1H3,(H,13,14,15)/t9-/m0/s1. The molecule has 1 aromatic rings. The quantitative estimate of drug-likeness (QED) is 0.821. The zero-order valence-electron chi connectivity index (χ0n) is 10.3. The summed E-state index contributed by atoms with van der Waals surface area (Å²) >= 11 is 0. The maximum absolute atomic E-state index is 11.5. The molecule has 1 atom stereocenters. The van der Waals surface area contributed by atoms with Gasteiger partial charge in [-0.3, -0.25) is 0 Å². The maximum atomic E-state index is 11.5. The number of hydrogen-bond donors (Lipinski definition) is 2. The molecule has 7 heteroatoms. The fourth-order valence-electron chi connectivity index (χ4n) is 1.85. The second-order valence-electron chi connectivity index (χ2n) is 4.11. The molecule has 1 amide bonds. The molecular weight excluding hydrogens is 234 g/mol. The van der Waals surface area contributed by atoms with Crippen molar-refractivity contribution >= 4 is 17.7 Å². The number of hydrogen-bond acceptors (Lipinski definition) is 6. The van der Waals surface area contributed by atoms with Crippen LogP contribution in [0, 0.1) is 0 Å². The Morgan fingerprint density at radius 2 is 2.33 bits per heavy atom. The molecule has 1 aliphatic rings. The number of rotatable bonds is 3. The Labute approximate surface area is 105 Å². The lowest BCUT2D eigenvalue weighted by molar-refractivity contribution is 0.115. The third kappa shape index (κ3) is 2.99. The summed E-state index contributed by atoms with van der Waals surface area (Å²) in [5.41, 5.74) is 6.04. The molecule has 18 heavy (non-hydrogen) atoms. The van der Waals surface area contributed by atoms with Crippen molar-refractivity contribution in [1.29, 1.82) is 0 Å². The number of nitrogen functional groups attached to an aromatic ring is 1. The summed E-state index contributed by atoms with van der Waals surface area (Å²) in [7, 11) is 0. The molecule has 0 radical (unpaired) electrons. The normalized spacial score (nSPS) is 18.7. The van der Waals surface area contributed by atoms with Gasteiger partial charge in [0.05, 0.1) is 24.7 Å². The third-order valence-corrected chi connectivity index (χ3v) is 2.72. The molecule has 0 spiro atoms. The topological polar surface area (TPSA) is 93.4 Å². The third-order valence-electron chi connectivity index (χ3n) is 2.72. The number of ether oxygens (including phenoxy) is 1. The smallest absolute Gasteiger partial charge is 0.409 e. The molecule has 0 aromatic carbocycles. The van der Waals surface area contributed by atoms with E-state index in [9.17, 15) is 4.79 Å². The van der Waals surface area contributed by atoms with E-state index in [0.29, 0.717) is 31.3 Å². The van der Waals surface area contributed by atoms with Gasteiger partial charge in [-0.2, -0.15) is 0 Å². The molecular formula is C11H17N5O2. The van der Waals surface area contributed by atoms with Crippen molar-refractivity contribution in [2.24, 2.45) is 0 Å². The molecule has 2 heterocycles. The van der Waals surface area contributed by atoms with Crippen LogP contribution >= 0.6 is 0 Å². The number of nitrogens with two attached hydrogens (primary N) is 1. The van der Waals surface area contributed by atoms with Crippen LogP contribution in [0.15, 0.2) is 12.4 Å². The summed E-state index contributed by atoms with van der Waals surface area (Å²) in [6.07, 6.45) is 3.69. The SMILES string of the molecule is CCOC(=O)N1CC[C@H](Nc2ncc(N)cn2)C1. The van der Waals surface area contributed by atoms with Gasteiger partial charge >= 0.3 is 6.09 Å². The predicted molar refractivity (Wildman–Crippen MR) is 67.1 cm³/mol. The van der Waals surface area contributed by atoms with Gasteiger partial charge in [0.15, 0.2) is 0 Å². The molecule has 2 rings (SSSR count). The number of likely N-dealkylation sites (tertiary alicyclic amines) is 1. The molecule has 3 N–H and O–H groups in total. The van der Waals surface area contributed by atoms with E-state index in [-0.39, 0.29) is 12.1 Å². The van der Waals surface area contributed by atoms with Gasteiger partial charge in [0.25, 0.3) is 0 Å². The Kier molecular flexibility index (Phi) is 3.81. The minimum Gasteiger partial charge on any atom is -0.450 e. The lowest BCUT2D eigenvalue weighted by Gasteiger charge is -2.16. The van der Waals surface area contributed by atoms with Crippen LogP contribution in [0.4, 0.5) is 16.4 Å². The van der Waals surface area contributed by atoms with Crippen molar-refractivity contribution in [1.82, 2.24) is 14.9 Å². The number of nitrogens with one attached hydrogen (secondary N) is 1. The number of carbonyl (C=O) groups excluding carboxylic acids is 1. The van der Waals surface area contributed by atoms with Crippen molar-refractivity contribution in [3.63, 3.8) is 0 Å². The van der Waals surface area contributed by atoms with Crippen LogP contribution in [0.3, 0.4) is 0 Å². The molecule has 1 aliphatic heterocycles. The van der Waals surface area contributed by atoms with Gasteiger partial charge in [-0.15, -0.1) is 0 Å². The molecule has 98 valence electrons. The zero-order valence-corrected chi connectivity index (χ0v) is 10.3. The van der Waals surface area contributed by atoms with Crippen LogP contribution in [0.1, 0.15) is 13.3 Å². The summed E-state index contributed by atoms with van der Waals surface area (Å²) in [4.78, 5) is 21.3. The maximum Gasteiger partial charge on any atom is 0.409 e. The average molecular weight is 251 g/mol. The van der Waals surface area contributed by atoms with E-state index in [1.54, 1.807) is 24.2 Å². The summed E-state index contributed by atoms with van der Waals surface area (Å²) in [6, 6.07) is 0.151. The molecule has 0 unspecified atom stereocenters. The Morgan fingerprint density at radius 1 is 1.61 bits per heavy atom. The highest BCUT2D eigenvalue weighted by atomic mass is 16.6. The second-order valence-corrected chi connectivity index (χ2v) is 4.11. The van der Waals surface area contributed by atoms with Gasteiger partial charge in [-0.25, -0.2) is 14.8 Å². The Hall–Kier alpha value is -2.05. The van der Waals surface area contributed by atoms with Crippen LogP contribution in [-0.4, -0.2) is 46.7 Å². The first-order valence-corrected chi connectivity index (χ1v) is 5.94. The summed E-state index contributed by atoms with van der Waals surface area (Å²) < 4.78 is 4.95. The molecule has 1 saturated heterocycles. The van der Waals surface area contributed by atoms with Gasteiger partial charge in [0.2, 0.25) is 5.95 Å². The van der Waals surface area contributed by atoms with E-state index in [0.717, 1.165) is 6.42 Å². The van der Waals surface area contributed by atoms with E-state index in [4.69, 9.17) is 10.5 Å². The highest BCUT2D eigenvalue weighted by Crippen LogP contribution is 2.14. The van der Waals surface area contributed by atoms with Crippen LogP contribution in [0.2, 0.25) is 0 Å². The molecule has 0 aliphatic carbocycles. The average Bonchev–Trinajstić information content (AvgIpc) is 2.81. The fraction of sp³-hybridized carbons (Fsp3) is 0.545.